The van der Waals surface area contributed by atoms with Crippen LogP contribution in [-0.4, -0.2) is 238 Å². The first-order chi connectivity index (χ1) is 51.4. The van der Waals surface area contributed by atoms with Crippen molar-refractivity contribution >= 4 is 53.8 Å². The molecule has 7 N–H and O–H groups in total. The lowest BCUT2D eigenvalue weighted by molar-refractivity contribution is -0.168. The predicted molar refractivity (Wildman–Crippen MR) is 411 cm³/mol. The first-order valence-corrected chi connectivity index (χ1v) is 41.4. The molecule has 0 aromatic heterocycles. The zero-order valence-electron chi connectivity index (χ0n) is 66.4. The van der Waals surface area contributed by atoms with E-state index in [2.05, 4.69) is 31.4 Å². The Kier molecular flexibility index (Phi) is 70.2. The van der Waals surface area contributed by atoms with Gasteiger partial charge in [0.2, 0.25) is 0 Å². The van der Waals surface area contributed by atoms with E-state index < -0.39 is 73.5 Å². The lowest BCUT2D eigenvalue weighted by Crippen LogP contribution is -2.50. The smallest absolute Gasteiger partial charge is 0.320 e. The molecule has 1 atom stereocenters. The monoisotopic (exact) mass is 1520 g/mol. The molecule has 0 aliphatic heterocycles. The lowest BCUT2D eigenvalue weighted by atomic mass is 9.92. The number of carbonyl (C=O) groups is 9. The van der Waals surface area contributed by atoms with Crippen molar-refractivity contribution in [1.29, 1.82) is 0 Å². The number of nitrogens with zero attached hydrogens (tertiary/aromatic N) is 3. The number of carboxylic acids is 5. The number of rotatable bonds is 83. The van der Waals surface area contributed by atoms with E-state index in [-0.39, 0.29) is 156 Å². The minimum Gasteiger partial charge on any atom is -0.480 e. The van der Waals surface area contributed by atoms with E-state index in [1.165, 1.54) is 178 Å². The van der Waals surface area contributed by atoms with Gasteiger partial charge in [0.15, 0.2) is 0 Å². The second-order valence-corrected chi connectivity index (χ2v) is 28.9. The Morgan fingerprint density at radius 2 is 0.585 bits per heavy atom. The van der Waals surface area contributed by atoms with Gasteiger partial charge < -0.3 is 69.3 Å². The van der Waals surface area contributed by atoms with Gasteiger partial charge in [-0.2, -0.15) is 0 Å². The average molecular weight is 1520 g/mol. The van der Waals surface area contributed by atoms with E-state index in [4.69, 9.17) is 33.2 Å². The molecule has 0 spiro atoms. The van der Waals surface area contributed by atoms with Crippen molar-refractivity contribution in [3.05, 3.63) is 0 Å². The molecule has 0 fully saturated rings. The van der Waals surface area contributed by atoms with E-state index in [0.717, 1.165) is 67.6 Å². The fraction of sp³-hybridized carbons (Fsp3) is 0.887. The molecule has 0 radical (unpaired) electrons. The number of nitrogens with one attached hydrogen (secondary N) is 2. The molecule has 1 unspecified atom stereocenters. The molecular weight excluding hydrogens is 1370 g/mol. The van der Waals surface area contributed by atoms with Gasteiger partial charge in [-0.25, -0.2) is 4.79 Å². The average Bonchev–Trinajstić information content (AvgIpc) is 0.865. The van der Waals surface area contributed by atoms with E-state index in [1.54, 1.807) is 0 Å². The van der Waals surface area contributed by atoms with Crippen LogP contribution in [0.1, 0.15) is 310 Å². The Hall–Kier alpha value is -5.25. The highest BCUT2D eigenvalue weighted by Gasteiger charge is 2.37. The van der Waals surface area contributed by atoms with Crippen LogP contribution in [0.15, 0.2) is 0 Å². The molecule has 0 bridgehead atoms. The largest absolute Gasteiger partial charge is 0.480 e. The predicted octanol–water partition coefficient (Wildman–Crippen LogP) is 14.3. The first kappa shape index (κ1) is 101. The standard InChI is InChI=1S/C80H149N5O21/c1-4-7-10-13-16-19-22-25-28-31-34-37-40-46-75(94)104-67-80(68-105-76(95)47-41-38-35-32-29-26-23-20-17-14-11-8-5-2,69-106-77(96)48-42-39-36-33-30-27-24-21-18-15-12-9-6-3)66-103-61-60-102-59-58-101-57-56-100-55-50-82-79(99)81-49-44-43-45-70(78(97)98)85(53-51-83(62-71(86)87)63-72(88)89)54-52-84(64-73(90)91)65-74(92)93/h70H,4-69H2,1-3H3,(H,86,87)(H,88,89)(H,90,91)(H,92,93)(H,97,98)(H2,81,82,99). The summed E-state index contributed by atoms with van der Waals surface area (Å²) in [7, 11) is 0. The summed E-state index contributed by atoms with van der Waals surface area (Å²) in [6.45, 7) is 5.02. The van der Waals surface area contributed by atoms with E-state index in [9.17, 15) is 68.7 Å². The van der Waals surface area contributed by atoms with Crippen LogP contribution in [0.25, 0.3) is 0 Å². The van der Waals surface area contributed by atoms with Gasteiger partial charge in [-0.15, -0.1) is 0 Å². The number of carbonyl (C=O) groups excluding carboxylic acids is 4. The summed E-state index contributed by atoms with van der Waals surface area (Å²) in [5.41, 5.74) is -1.16. The normalized spacial score (nSPS) is 11.9. The molecular formula is C80H149N5O21. The van der Waals surface area contributed by atoms with Gasteiger partial charge in [-0.1, -0.05) is 252 Å². The minimum atomic E-state index is -1.30. The van der Waals surface area contributed by atoms with E-state index >= 15 is 0 Å². The third kappa shape index (κ3) is 68.1. The number of hydrogen-bond donors (Lipinski definition) is 7. The Morgan fingerprint density at radius 3 is 0.877 bits per heavy atom. The van der Waals surface area contributed by atoms with Crippen LogP contribution in [0, 0.1) is 5.41 Å². The molecule has 26 nitrogen and oxygen atoms in total. The molecule has 0 aliphatic carbocycles. The fourth-order valence-corrected chi connectivity index (χ4v) is 12.6. The molecule has 0 heterocycles. The number of esters is 3. The molecule has 0 rings (SSSR count). The highest BCUT2D eigenvalue weighted by atomic mass is 16.6. The quantitative estimate of drug-likeness (QED) is 0.0169. The second kappa shape index (κ2) is 73.9. The Labute approximate surface area is 637 Å². The van der Waals surface area contributed by atoms with E-state index in [0.29, 0.717) is 32.1 Å². The zero-order valence-corrected chi connectivity index (χ0v) is 66.4. The van der Waals surface area contributed by atoms with Gasteiger partial charge in [-0.05, 0) is 38.5 Å². The van der Waals surface area contributed by atoms with Crippen molar-refractivity contribution < 1.29 is 102 Å². The van der Waals surface area contributed by atoms with Crippen LogP contribution in [0.4, 0.5) is 4.79 Å². The van der Waals surface area contributed by atoms with Gasteiger partial charge in [0.05, 0.1) is 84.4 Å². The summed E-state index contributed by atoms with van der Waals surface area (Å²) in [6, 6.07) is -1.67. The van der Waals surface area contributed by atoms with Crippen molar-refractivity contribution in [2.45, 2.75) is 316 Å². The maximum atomic E-state index is 13.4. The fourth-order valence-electron chi connectivity index (χ4n) is 12.6. The van der Waals surface area contributed by atoms with Crippen LogP contribution in [0.3, 0.4) is 0 Å². The van der Waals surface area contributed by atoms with Crippen LogP contribution < -0.4 is 10.6 Å². The topological polar surface area (TPSA) is 353 Å². The van der Waals surface area contributed by atoms with Crippen LogP contribution in [0.5, 0.6) is 0 Å². The van der Waals surface area contributed by atoms with Crippen molar-refractivity contribution in [3.63, 3.8) is 0 Å². The van der Waals surface area contributed by atoms with Crippen molar-refractivity contribution in [2.24, 2.45) is 5.41 Å². The summed E-state index contributed by atoms with van der Waals surface area (Å²) >= 11 is 0. The highest BCUT2D eigenvalue weighted by Crippen LogP contribution is 2.24. The van der Waals surface area contributed by atoms with Gasteiger partial charge >= 0.3 is 53.8 Å². The number of amides is 2. The SMILES string of the molecule is CCCCCCCCCCCCCCCC(=O)OCC(COCCOCCOCCOCCNC(=O)NCCCCC(C(=O)O)N(CCN(CC(=O)O)CC(=O)O)CCN(CC(=O)O)CC(=O)O)(COC(=O)CCCCCCCCCCCCCCC)COC(=O)CCCCCCCCCCCCCCC. The molecule has 0 aromatic carbocycles. The first-order valence-electron chi connectivity index (χ1n) is 41.4. The third-order valence-corrected chi connectivity index (χ3v) is 18.9. The van der Waals surface area contributed by atoms with Crippen molar-refractivity contribution in [1.82, 2.24) is 25.3 Å². The molecule has 0 aliphatic rings. The number of urea groups is 1. The molecule has 0 saturated heterocycles. The summed E-state index contributed by atoms with van der Waals surface area (Å²) in [4.78, 5) is 115. The Bertz CT molecular complexity index is 2000. The Morgan fingerprint density at radius 1 is 0.311 bits per heavy atom. The summed E-state index contributed by atoms with van der Waals surface area (Å²) in [6.07, 6.45) is 47.9. The van der Waals surface area contributed by atoms with Crippen LogP contribution in [0.2, 0.25) is 0 Å². The van der Waals surface area contributed by atoms with Gasteiger partial charge in [0.1, 0.15) is 25.9 Å². The maximum absolute atomic E-state index is 13.4. The molecule has 106 heavy (non-hydrogen) atoms. The van der Waals surface area contributed by atoms with Gasteiger partial charge in [-0.3, -0.25) is 53.1 Å². The molecule has 2 amide bonds. The number of aliphatic carboxylic acids is 5. The number of unbranched alkanes of at least 4 members (excludes halogenated alkanes) is 37. The Balaban J connectivity index is 5.45. The van der Waals surface area contributed by atoms with Crippen LogP contribution in [-0.2, 0) is 71.5 Å². The lowest BCUT2D eigenvalue weighted by Gasteiger charge is -2.32. The van der Waals surface area contributed by atoms with E-state index in [1.807, 2.05) is 0 Å². The van der Waals surface area contributed by atoms with Crippen molar-refractivity contribution in [2.75, 3.05) is 138 Å². The summed E-state index contributed by atoms with van der Waals surface area (Å²) < 4.78 is 41.2. The summed E-state index contributed by atoms with van der Waals surface area (Å²) in [5.74, 6) is -7.50. The summed E-state index contributed by atoms with van der Waals surface area (Å²) in [5, 5.41) is 52.8. The molecule has 0 aromatic rings. The maximum Gasteiger partial charge on any atom is 0.320 e. The highest BCUT2D eigenvalue weighted by molar-refractivity contribution is 5.75. The number of ether oxygens (including phenoxy) is 7. The van der Waals surface area contributed by atoms with Crippen molar-refractivity contribution in [3.8, 4) is 0 Å². The number of carboxylic acid groups (broad SMARTS) is 5. The minimum absolute atomic E-state index is 0.0270. The molecule has 620 valence electrons. The number of hydrogen-bond acceptors (Lipinski definition) is 19. The van der Waals surface area contributed by atoms with Crippen LogP contribution >= 0.6 is 0 Å². The van der Waals surface area contributed by atoms with Gasteiger partial charge in [0.25, 0.3) is 0 Å². The third-order valence-electron chi connectivity index (χ3n) is 18.9. The van der Waals surface area contributed by atoms with Gasteiger partial charge in [0, 0.05) is 58.5 Å². The zero-order chi connectivity index (χ0) is 78.0. The molecule has 0 saturated carbocycles. The second-order valence-electron chi connectivity index (χ2n) is 28.9. The molecule has 26 heteroatoms.